The predicted molar refractivity (Wildman–Crippen MR) is 93.9 cm³/mol. The molecule has 0 radical (unpaired) electrons. The second-order valence-corrected chi connectivity index (χ2v) is 9.01. The number of rotatable bonds is 4. The average Bonchev–Trinajstić information content (AvgIpc) is 3.31. The van der Waals surface area contributed by atoms with Crippen molar-refractivity contribution in [2.75, 3.05) is 10.5 Å². The van der Waals surface area contributed by atoms with Crippen LogP contribution in [0.1, 0.15) is 39.3 Å². The molecule has 1 saturated carbocycles. The molecule has 128 valence electrons. The van der Waals surface area contributed by atoms with Crippen molar-refractivity contribution < 1.29 is 8.42 Å². The van der Waals surface area contributed by atoms with Gasteiger partial charge in [-0.2, -0.15) is 0 Å². The van der Waals surface area contributed by atoms with Crippen LogP contribution in [0.15, 0.2) is 24.7 Å². The van der Waals surface area contributed by atoms with Gasteiger partial charge in [0, 0.05) is 17.2 Å². The van der Waals surface area contributed by atoms with Crippen LogP contribution in [0.5, 0.6) is 0 Å². The molecule has 3 N–H and O–H groups in total. The van der Waals surface area contributed by atoms with Gasteiger partial charge in [0.2, 0.25) is 10.0 Å². The Labute approximate surface area is 141 Å². The Kier molecular flexibility index (Phi) is 3.95. The lowest BCUT2D eigenvalue weighted by molar-refractivity contribution is 0.569. The van der Waals surface area contributed by atoms with Crippen LogP contribution in [0.25, 0.3) is 11.3 Å². The van der Waals surface area contributed by atoms with E-state index in [4.69, 9.17) is 5.73 Å². The topological polar surface area (TPSA) is 111 Å². The standard InChI is InChI=1S/C16H21N5O2S/c1-16(2,3)14-15(17)19-9-13(20-14)10-6-11(8-18-7-10)21-24(22,23)12-4-5-12/h6-9,12,21H,4-5H2,1-3H3,(H2,17,19). The molecule has 1 fully saturated rings. The van der Waals surface area contributed by atoms with Crippen LogP contribution in [-0.2, 0) is 15.4 Å². The largest absolute Gasteiger partial charge is 0.382 e. The molecule has 0 aromatic carbocycles. The Morgan fingerprint density at radius 1 is 1.21 bits per heavy atom. The summed E-state index contributed by atoms with van der Waals surface area (Å²) in [6.07, 6.45) is 6.10. The van der Waals surface area contributed by atoms with Gasteiger partial charge in [0.15, 0.2) is 0 Å². The lowest BCUT2D eigenvalue weighted by atomic mass is 9.91. The zero-order valence-electron chi connectivity index (χ0n) is 13.9. The summed E-state index contributed by atoms with van der Waals surface area (Å²) in [5.41, 5.74) is 8.10. The summed E-state index contributed by atoms with van der Waals surface area (Å²) in [5, 5.41) is -0.287. The summed E-state index contributed by atoms with van der Waals surface area (Å²) in [4.78, 5) is 12.9. The zero-order valence-corrected chi connectivity index (χ0v) is 14.8. The van der Waals surface area contributed by atoms with E-state index in [2.05, 4.69) is 19.7 Å². The maximum absolute atomic E-state index is 12.1. The summed E-state index contributed by atoms with van der Waals surface area (Å²) < 4.78 is 26.7. The van der Waals surface area contributed by atoms with Crippen LogP contribution in [-0.4, -0.2) is 28.6 Å². The minimum Gasteiger partial charge on any atom is -0.382 e. The zero-order chi connectivity index (χ0) is 17.5. The van der Waals surface area contributed by atoms with Crippen LogP contribution in [0.2, 0.25) is 0 Å². The van der Waals surface area contributed by atoms with Gasteiger partial charge >= 0.3 is 0 Å². The fourth-order valence-electron chi connectivity index (χ4n) is 2.35. The molecular weight excluding hydrogens is 326 g/mol. The summed E-state index contributed by atoms with van der Waals surface area (Å²) in [6, 6.07) is 1.71. The maximum atomic E-state index is 12.1. The number of nitrogens with one attached hydrogen (secondary N) is 1. The fraction of sp³-hybridized carbons (Fsp3) is 0.438. The number of hydrogen-bond donors (Lipinski definition) is 2. The molecule has 0 aliphatic heterocycles. The molecule has 2 aromatic rings. The van der Waals surface area contributed by atoms with Crippen LogP contribution in [0, 0.1) is 0 Å². The van der Waals surface area contributed by atoms with E-state index in [1.54, 1.807) is 18.5 Å². The first-order chi connectivity index (χ1) is 11.2. The van der Waals surface area contributed by atoms with E-state index in [1.165, 1.54) is 6.20 Å². The number of sulfonamides is 1. The molecule has 7 nitrogen and oxygen atoms in total. The molecule has 24 heavy (non-hydrogen) atoms. The van der Waals surface area contributed by atoms with Crippen molar-refractivity contribution in [3.63, 3.8) is 0 Å². The fourth-order valence-corrected chi connectivity index (χ4v) is 3.71. The van der Waals surface area contributed by atoms with Crippen LogP contribution in [0.4, 0.5) is 11.5 Å². The quantitative estimate of drug-likeness (QED) is 0.878. The van der Waals surface area contributed by atoms with Gasteiger partial charge in [0.25, 0.3) is 0 Å². The second kappa shape index (κ2) is 5.70. The number of anilines is 2. The van der Waals surface area contributed by atoms with Crippen molar-refractivity contribution in [1.82, 2.24) is 15.0 Å². The van der Waals surface area contributed by atoms with Crippen molar-refractivity contribution in [1.29, 1.82) is 0 Å². The highest BCUT2D eigenvalue weighted by atomic mass is 32.2. The van der Waals surface area contributed by atoms with E-state index >= 15 is 0 Å². The number of nitrogens with zero attached hydrogens (tertiary/aromatic N) is 3. The molecule has 2 heterocycles. The first kappa shape index (κ1) is 16.6. The SMILES string of the molecule is CC(C)(C)c1nc(-c2cncc(NS(=O)(=O)C3CC3)c2)cnc1N. The van der Waals surface area contributed by atoms with Gasteiger partial charge in [0.05, 0.1) is 34.7 Å². The Balaban J connectivity index is 1.94. The van der Waals surface area contributed by atoms with Crippen molar-refractivity contribution in [2.24, 2.45) is 0 Å². The molecular formula is C16H21N5O2S. The third-order valence-electron chi connectivity index (χ3n) is 3.77. The van der Waals surface area contributed by atoms with Gasteiger partial charge in [-0.15, -0.1) is 0 Å². The predicted octanol–water partition coefficient (Wildman–Crippen LogP) is 2.32. The lowest BCUT2D eigenvalue weighted by Gasteiger charge is -2.19. The Morgan fingerprint density at radius 3 is 2.54 bits per heavy atom. The minimum absolute atomic E-state index is 0.244. The van der Waals surface area contributed by atoms with Crippen LogP contribution < -0.4 is 10.5 Å². The highest BCUT2D eigenvalue weighted by molar-refractivity contribution is 7.93. The van der Waals surface area contributed by atoms with E-state index < -0.39 is 10.0 Å². The summed E-state index contributed by atoms with van der Waals surface area (Å²) in [7, 11) is -3.32. The smallest absolute Gasteiger partial charge is 0.235 e. The highest BCUT2D eigenvalue weighted by Crippen LogP contribution is 2.31. The number of aromatic nitrogens is 3. The van der Waals surface area contributed by atoms with Gasteiger partial charge in [-0.1, -0.05) is 20.8 Å². The Hall–Kier alpha value is -2.22. The molecule has 0 amide bonds. The van der Waals surface area contributed by atoms with Crippen molar-refractivity contribution in [3.8, 4) is 11.3 Å². The monoisotopic (exact) mass is 347 g/mol. The third-order valence-corrected chi connectivity index (χ3v) is 5.64. The van der Waals surface area contributed by atoms with Gasteiger partial charge < -0.3 is 5.73 Å². The van der Waals surface area contributed by atoms with Crippen molar-refractivity contribution >= 4 is 21.5 Å². The first-order valence-corrected chi connectivity index (χ1v) is 9.31. The normalized spacial score (nSPS) is 15.3. The number of nitrogen functional groups attached to an aromatic ring is 1. The molecule has 0 saturated heterocycles. The van der Waals surface area contributed by atoms with Crippen molar-refractivity contribution in [3.05, 3.63) is 30.4 Å². The van der Waals surface area contributed by atoms with E-state index in [1.807, 2.05) is 20.8 Å². The molecule has 1 aliphatic rings. The summed E-state index contributed by atoms with van der Waals surface area (Å²) >= 11 is 0. The van der Waals surface area contributed by atoms with Gasteiger partial charge in [-0.25, -0.2) is 18.4 Å². The lowest BCUT2D eigenvalue weighted by Crippen LogP contribution is -2.18. The number of pyridine rings is 1. The van der Waals surface area contributed by atoms with E-state index in [9.17, 15) is 8.42 Å². The second-order valence-electron chi connectivity index (χ2n) is 7.05. The third kappa shape index (κ3) is 3.48. The minimum atomic E-state index is -3.32. The van der Waals surface area contributed by atoms with Crippen LogP contribution >= 0.6 is 0 Å². The average molecular weight is 347 g/mol. The van der Waals surface area contributed by atoms with E-state index in [0.29, 0.717) is 41.3 Å². The van der Waals surface area contributed by atoms with Gasteiger partial charge in [-0.3, -0.25) is 9.71 Å². The Bertz CT molecular complexity index is 870. The Morgan fingerprint density at radius 2 is 1.92 bits per heavy atom. The molecule has 1 aliphatic carbocycles. The molecule has 8 heteroatoms. The van der Waals surface area contributed by atoms with Gasteiger partial charge in [-0.05, 0) is 18.9 Å². The van der Waals surface area contributed by atoms with Gasteiger partial charge in [0.1, 0.15) is 5.82 Å². The number of nitrogens with two attached hydrogens (primary N) is 1. The van der Waals surface area contributed by atoms with E-state index in [-0.39, 0.29) is 10.7 Å². The molecule has 2 aromatic heterocycles. The number of hydrogen-bond acceptors (Lipinski definition) is 6. The van der Waals surface area contributed by atoms with Crippen molar-refractivity contribution in [2.45, 2.75) is 44.3 Å². The summed E-state index contributed by atoms with van der Waals surface area (Å²) in [5.74, 6) is 0.393. The maximum Gasteiger partial charge on any atom is 0.235 e. The molecule has 0 unspecified atom stereocenters. The highest BCUT2D eigenvalue weighted by Gasteiger charge is 2.35. The van der Waals surface area contributed by atoms with E-state index in [0.717, 1.165) is 0 Å². The molecule has 0 bridgehead atoms. The molecule has 3 rings (SSSR count). The summed E-state index contributed by atoms with van der Waals surface area (Å²) in [6.45, 7) is 6.03. The van der Waals surface area contributed by atoms with Crippen LogP contribution in [0.3, 0.4) is 0 Å². The molecule has 0 atom stereocenters. The first-order valence-electron chi connectivity index (χ1n) is 7.77. The molecule has 0 spiro atoms.